The zero-order valence-electron chi connectivity index (χ0n) is 15.6. The van der Waals surface area contributed by atoms with Crippen LogP contribution in [0.2, 0.25) is 0 Å². The van der Waals surface area contributed by atoms with E-state index in [9.17, 15) is 0 Å². The van der Waals surface area contributed by atoms with Crippen LogP contribution in [0.25, 0.3) is 21.9 Å². The highest BCUT2D eigenvalue weighted by molar-refractivity contribution is 6.07. The van der Waals surface area contributed by atoms with Crippen LogP contribution in [-0.4, -0.2) is 21.1 Å². The molecule has 2 aromatic carbocycles. The molecule has 0 amide bonds. The van der Waals surface area contributed by atoms with Gasteiger partial charge >= 0.3 is 0 Å². The first-order valence-corrected chi connectivity index (χ1v) is 9.45. The molecule has 0 radical (unpaired) electrons. The van der Waals surface area contributed by atoms with Crippen LogP contribution in [0, 0.1) is 5.92 Å². The van der Waals surface area contributed by atoms with Gasteiger partial charge < -0.3 is 14.6 Å². The molecular formula is C22H22N4O. The molecule has 5 heteroatoms. The number of rotatable bonds is 4. The Bertz CT molecular complexity index is 1150. The first kappa shape index (κ1) is 16.1. The highest BCUT2D eigenvalue weighted by Gasteiger charge is 2.16. The SMILES string of the molecule is CC(C)Cn1cnc2c(Nc3ccc4c(c3)CCO4)nc3ccccc3c21. The number of aromatic nitrogens is 3. The van der Waals surface area contributed by atoms with Gasteiger partial charge in [0.15, 0.2) is 5.82 Å². The number of anilines is 2. The van der Waals surface area contributed by atoms with E-state index in [0.717, 1.165) is 58.8 Å². The molecule has 3 heterocycles. The van der Waals surface area contributed by atoms with Gasteiger partial charge in [-0.1, -0.05) is 32.0 Å². The summed E-state index contributed by atoms with van der Waals surface area (Å²) in [5, 5.41) is 4.63. The van der Waals surface area contributed by atoms with E-state index >= 15 is 0 Å². The third kappa shape index (κ3) is 2.79. The zero-order valence-corrected chi connectivity index (χ0v) is 15.6. The maximum Gasteiger partial charge on any atom is 0.159 e. The largest absolute Gasteiger partial charge is 0.493 e. The predicted molar refractivity (Wildman–Crippen MR) is 109 cm³/mol. The summed E-state index contributed by atoms with van der Waals surface area (Å²) in [6.45, 7) is 6.14. The monoisotopic (exact) mass is 358 g/mol. The molecule has 27 heavy (non-hydrogen) atoms. The predicted octanol–water partition coefficient (Wildman–Crippen LogP) is 4.92. The number of para-hydroxylation sites is 1. The average Bonchev–Trinajstić information content (AvgIpc) is 3.28. The number of nitrogens with one attached hydrogen (secondary N) is 1. The third-order valence-electron chi connectivity index (χ3n) is 4.97. The summed E-state index contributed by atoms with van der Waals surface area (Å²) in [4.78, 5) is 9.57. The molecular weight excluding hydrogens is 336 g/mol. The molecule has 1 aliphatic rings. The summed E-state index contributed by atoms with van der Waals surface area (Å²) in [7, 11) is 0. The molecule has 5 rings (SSSR count). The number of hydrogen-bond acceptors (Lipinski definition) is 4. The fourth-order valence-electron chi connectivity index (χ4n) is 3.80. The second-order valence-electron chi connectivity index (χ2n) is 7.51. The Kier molecular flexibility index (Phi) is 3.74. The van der Waals surface area contributed by atoms with Crippen LogP contribution in [0.4, 0.5) is 11.5 Å². The molecule has 0 spiro atoms. The topological polar surface area (TPSA) is 52.0 Å². The van der Waals surface area contributed by atoms with E-state index in [1.165, 1.54) is 5.56 Å². The summed E-state index contributed by atoms with van der Waals surface area (Å²) in [5.74, 6) is 2.32. The minimum Gasteiger partial charge on any atom is -0.493 e. The van der Waals surface area contributed by atoms with Crippen LogP contribution in [0.1, 0.15) is 19.4 Å². The van der Waals surface area contributed by atoms with Crippen LogP contribution in [-0.2, 0) is 13.0 Å². The number of hydrogen-bond donors (Lipinski definition) is 1. The molecule has 4 aromatic rings. The molecule has 0 unspecified atom stereocenters. The third-order valence-corrected chi connectivity index (χ3v) is 4.97. The summed E-state index contributed by atoms with van der Waals surface area (Å²) < 4.78 is 7.85. The molecule has 0 atom stereocenters. The van der Waals surface area contributed by atoms with E-state index in [2.05, 4.69) is 48.0 Å². The fourth-order valence-corrected chi connectivity index (χ4v) is 3.80. The lowest BCUT2D eigenvalue weighted by Gasteiger charge is -2.12. The molecule has 0 bridgehead atoms. The van der Waals surface area contributed by atoms with Crippen molar-refractivity contribution in [3.05, 3.63) is 54.4 Å². The van der Waals surface area contributed by atoms with Gasteiger partial charge in [0.1, 0.15) is 11.3 Å². The Morgan fingerprint density at radius 2 is 2.07 bits per heavy atom. The number of ether oxygens (including phenoxy) is 1. The average molecular weight is 358 g/mol. The lowest BCUT2D eigenvalue weighted by atomic mass is 10.1. The Morgan fingerprint density at radius 1 is 1.19 bits per heavy atom. The van der Waals surface area contributed by atoms with Crippen LogP contribution in [0.15, 0.2) is 48.8 Å². The van der Waals surface area contributed by atoms with Crippen molar-refractivity contribution in [2.24, 2.45) is 5.92 Å². The van der Waals surface area contributed by atoms with Crippen molar-refractivity contribution in [2.75, 3.05) is 11.9 Å². The van der Waals surface area contributed by atoms with Crippen molar-refractivity contribution in [1.82, 2.24) is 14.5 Å². The lowest BCUT2D eigenvalue weighted by molar-refractivity contribution is 0.357. The smallest absolute Gasteiger partial charge is 0.159 e. The van der Waals surface area contributed by atoms with E-state index in [1.54, 1.807) is 0 Å². The maximum absolute atomic E-state index is 5.61. The van der Waals surface area contributed by atoms with Gasteiger partial charge in [-0.2, -0.15) is 0 Å². The molecule has 5 nitrogen and oxygen atoms in total. The van der Waals surface area contributed by atoms with Crippen LogP contribution in [0.5, 0.6) is 5.75 Å². The van der Waals surface area contributed by atoms with Crippen molar-refractivity contribution < 1.29 is 4.74 Å². The van der Waals surface area contributed by atoms with Crippen molar-refractivity contribution in [1.29, 1.82) is 0 Å². The van der Waals surface area contributed by atoms with Gasteiger partial charge in [0.2, 0.25) is 0 Å². The summed E-state index contributed by atoms with van der Waals surface area (Å²) in [6.07, 6.45) is 2.88. The molecule has 1 aliphatic heterocycles. The Hall–Kier alpha value is -3.08. The standard InChI is InChI=1S/C22H22N4O/c1-14(2)12-26-13-23-20-21(26)17-5-3-4-6-18(17)25-22(20)24-16-7-8-19-15(11-16)9-10-27-19/h3-8,11,13-14H,9-10,12H2,1-2H3,(H,24,25). The second-order valence-corrected chi connectivity index (χ2v) is 7.51. The second kappa shape index (κ2) is 6.27. The zero-order chi connectivity index (χ0) is 18.4. The summed E-state index contributed by atoms with van der Waals surface area (Å²) in [5.41, 5.74) is 5.28. The summed E-state index contributed by atoms with van der Waals surface area (Å²) >= 11 is 0. The van der Waals surface area contributed by atoms with Gasteiger partial charge in [-0.05, 0) is 35.7 Å². The van der Waals surface area contributed by atoms with Gasteiger partial charge in [0.05, 0.1) is 24.0 Å². The number of fused-ring (bicyclic) bond motifs is 4. The normalized spacial score (nSPS) is 13.3. The van der Waals surface area contributed by atoms with Gasteiger partial charge in [-0.3, -0.25) is 0 Å². The van der Waals surface area contributed by atoms with Crippen molar-refractivity contribution in [3.8, 4) is 5.75 Å². The van der Waals surface area contributed by atoms with Gasteiger partial charge in [0, 0.05) is 24.0 Å². The van der Waals surface area contributed by atoms with E-state index < -0.39 is 0 Å². The molecule has 1 N–H and O–H groups in total. The minimum atomic E-state index is 0.544. The number of nitrogens with zero attached hydrogens (tertiary/aromatic N) is 3. The van der Waals surface area contributed by atoms with Gasteiger partial charge in [-0.15, -0.1) is 0 Å². The highest BCUT2D eigenvalue weighted by Crippen LogP contribution is 2.33. The van der Waals surface area contributed by atoms with Crippen molar-refractivity contribution in [3.63, 3.8) is 0 Å². The Labute approximate surface area is 158 Å². The number of benzene rings is 2. The quantitative estimate of drug-likeness (QED) is 0.563. The van der Waals surface area contributed by atoms with E-state index in [1.807, 2.05) is 24.5 Å². The van der Waals surface area contributed by atoms with Crippen molar-refractivity contribution in [2.45, 2.75) is 26.8 Å². The molecule has 0 fully saturated rings. The molecule has 136 valence electrons. The Morgan fingerprint density at radius 3 is 2.96 bits per heavy atom. The van der Waals surface area contributed by atoms with Crippen LogP contribution in [0.3, 0.4) is 0 Å². The van der Waals surface area contributed by atoms with Crippen molar-refractivity contribution >= 4 is 33.4 Å². The van der Waals surface area contributed by atoms with Gasteiger partial charge in [0.25, 0.3) is 0 Å². The lowest BCUT2D eigenvalue weighted by Crippen LogP contribution is -2.04. The van der Waals surface area contributed by atoms with E-state index in [4.69, 9.17) is 14.7 Å². The number of pyridine rings is 1. The molecule has 2 aromatic heterocycles. The molecule has 0 saturated heterocycles. The maximum atomic E-state index is 5.61. The fraction of sp³-hybridized carbons (Fsp3) is 0.273. The van der Waals surface area contributed by atoms with Crippen LogP contribution < -0.4 is 10.1 Å². The minimum absolute atomic E-state index is 0.544. The highest BCUT2D eigenvalue weighted by atomic mass is 16.5. The molecule has 0 aliphatic carbocycles. The van der Waals surface area contributed by atoms with Gasteiger partial charge in [-0.25, -0.2) is 9.97 Å². The molecule has 0 saturated carbocycles. The first-order chi connectivity index (χ1) is 13.2. The summed E-state index contributed by atoms with van der Waals surface area (Å²) in [6, 6.07) is 14.5. The first-order valence-electron chi connectivity index (χ1n) is 9.45. The van der Waals surface area contributed by atoms with E-state index in [0.29, 0.717) is 5.92 Å². The Balaban J connectivity index is 1.66. The van der Waals surface area contributed by atoms with Crippen LogP contribution >= 0.6 is 0 Å². The van der Waals surface area contributed by atoms with E-state index in [-0.39, 0.29) is 0 Å². The number of imidazole rings is 1.